The lowest BCUT2D eigenvalue weighted by molar-refractivity contribution is -0.158. The van der Waals surface area contributed by atoms with Crippen molar-refractivity contribution in [2.75, 3.05) is 19.8 Å². The van der Waals surface area contributed by atoms with Gasteiger partial charge in [0.25, 0.3) is 0 Å². The molecular weight excluding hydrogens is 434 g/mol. The van der Waals surface area contributed by atoms with E-state index in [0.717, 1.165) is 24.8 Å². The van der Waals surface area contributed by atoms with Gasteiger partial charge in [0.05, 0.1) is 24.5 Å². The number of fused-ring (bicyclic) bond motifs is 7. The third kappa shape index (κ3) is 3.02. The van der Waals surface area contributed by atoms with Gasteiger partial charge >= 0.3 is 5.97 Å². The smallest absolute Gasteiger partial charge is 0.307 e. The summed E-state index contributed by atoms with van der Waals surface area (Å²) >= 11 is 0. The SMILES string of the molecule is CCOC(=O)CC1NCC2(C(=O)CO)C1CC1C3CCC4=CC(=O)C=CC4(C)C3C(O)CC12C. The first-order chi connectivity index (χ1) is 16.1. The molecule has 7 nitrogen and oxygen atoms in total. The Hall–Kier alpha value is -1.83. The van der Waals surface area contributed by atoms with E-state index in [0.29, 0.717) is 19.6 Å². The fraction of sp³-hybridized carbons (Fsp3) is 0.741. The Morgan fingerprint density at radius 2 is 2.03 bits per heavy atom. The lowest BCUT2D eigenvalue weighted by Crippen LogP contribution is -2.60. The first-order valence-electron chi connectivity index (χ1n) is 12.8. The summed E-state index contributed by atoms with van der Waals surface area (Å²) in [7, 11) is 0. The van der Waals surface area contributed by atoms with E-state index in [1.54, 1.807) is 19.1 Å². The number of allylic oxidation sites excluding steroid dienone is 4. The summed E-state index contributed by atoms with van der Waals surface area (Å²) < 4.78 is 5.21. The van der Waals surface area contributed by atoms with Crippen molar-refractivity contribution in [1.29, 1.82) is 0 Å². The van der Waals surface area contributed by atoms with Gasteiger partial charge in [-0.2, -0.15) is 0 Å². The van der Waals surface area contributed by atoms with E-state index in [1.165, 1.54) is 0 Å². The van der Waals surface area contributed by atoms with Crippen LogP contribution in [0, 0.1) is 39.9 Å². The number of aliphatic hydroxyl groups excluding tert-OH is 2. The van der Waals surface area contributed by atoms with Crippen molar-refractivity contribution in [1.82, 2.24) is 5.32 Å². The molecule has 0 radical (unpaired) electrons. The highest BCUT2D eigenvalue weighted by atomic mass is 16.5. The number of carbonyl (C=O) groups excluding carboxylic acids is 3. The molecule has 0 aromatic rings. The Labute approximate surface area is 201 Å². The average Bonchev–Trinajstić information content (AvgIpc) is 3.27. The van der Waals surface area contributed by atoms with Gasteiger partial charge in [0.2, 0.25) is 0 Å². The standard InChI is InChI=1S/C27H37NO6/c1-4-34-23(33)11-20-19-10-18-17-6-5-15-9-16(30)7-8-25(15,2)24(17)21(31)12-26(18,3)27(19,14-28-20)22(32)13-29/h7-9,17-21,24,28-29,31H,4-6,10-14H2,1-3H3. The van der Waals surface area contributed by atoms with E-state index < -0.39 is 23.5 Å². The Morgan fingerprint density at radius 1 is 1.26 bits per heavy atom. The number of Topliss-reactive ketones (excluding diaryl/α,β-unsaturated/α-hetero) is 1. The van der Waals surface area contributed by atoms with Crippen molar-refractivity contribution in [2.24, 2.45) is 39.9 Å². The van der Waals surface area contributed by atoms with Gasteiger partial charge in [0, 0.05) is 23.9 Å². The zero-order valence-corrected chi connectivity index (χ0v) is 20.4. The zero-order valence-electron chi connectivity index (χ0n) is 20.4. The van der Waals surface area contributed by atoms with Crippen LogP contribution in [0.5, 0.6) is 0 Å². The van der Waals surface area contributed by atoms with E-state index >= 15 is 0 Å². The van der Waals surface area contributed by atoms with Crippen LogP contribution in [0.25, 0.3) is 0 Å². The van der Waals surface area contributed by atoms with Gasteiger partial charge in [-0.15, -0.1) is 0 Å². The molecule has 4 fully saturated rings. The highest BCUT2D eigenvalue weighted by molar-refractivity contribution is 6.01. The van der Waals surface area contributed by atoms with Crippen molar-refractivity contribution in [2.45, 2.75) is 65.0 Å². The van der Waals surface area contributed by atoms with E-state index in [-0.39, 0.29) is 59.1 Å². The molecule has 5 rings (SSSR count). The van der Waals surface area contributed by atoms with Crippen LogP contribution in [0.4, 0.5) is 0 Å². The Kier molecular flexibility index (Phi) is 5.69. The fourth-order valence-corrected chi connectivity index (χ4v) is 9.17. The van der Waals surface area contributed by atoms with Gasteiger partial charge in [-0.3, -0.25) is 14.4 Å². The Balaban J connectivity index is 1.54. The third-order valence-corrected chi connectivity index (χ3v) is 10.5. The Bertz CT molecular complexity index is 972. The lowest BCUT2D eigenvalue weighted by Gasteiger charge is -2.60. The summed E-state index contributed by atoms with van der Waals surface area (Å²) in [6.07, 6.45) is 7.88. The fourth-order valence-electron chi connectivity index (χ4n) is 9.17. The first kappa shape index (κ1) is 23.9. The van der Waals surface area contributed by atoms with Crippen molar-refractivity contribution < 1.29 is 29.3 Å². The predicted molar refractivity (Wildman–Crippen MR) is 124 cm³/mol. The number of aliphatic hydroxyl groups is 2. The van der Waals surface area contributed by atoms with Crippen molar-refractivity contribution in [3.8, 4) is 0 Å². The maximum absolute atomic E-state index is 13.5. The Morgan fingerprint density at radius 3 is 2.74 bits per heavy atom. The van der Waals surface area contributed by atoms with E-state index in [4.69, 9.17) is 4.74 Å². The average molecular weight is 472 g/mol. The van der Waals surface area contributed by atoms with Crippen LogP contribution in [0.1, 0.15) is 52.9 Å². The molecule has 0 bridgehead atoms. The van der Waals surface area contributed by atoms with Gasteiger partial charge in [-0.05, 0) is 67.9 Å². The molecule has 1 saturated heterocycles. The normalized spacial score (nSPS) is 46.7. The third-order valence-electron chi connectivity index (χ3n) is 10.5. The molecule has 9 atom stereocenters. The van der Waals surface area contributed by atoms with Gasteiger partial charge in [0.1, 0.15) is 6.61 Å². The van der Waals surface area contributed by atoms with Crippen LogP contribution in [0.15, 0.2) is 23.8 Å². The second-order valence-corrected chi connectivity index (χ2v) is 11.6. The van der Waals surface area contributed by atoms with Gasteiger partial charge in [-0.1, -0.05) is 25.5 Å². The summed E-state index contributed by atoms with van der Waals surface area (Å²) in [6.45, 7) is 6.25. The molecule has 4 aliphatic carbocycles. The molecule has 34 heavy (non-hydrogen) atoms. The van der Waals surface area contributed by atoms with E-state index in [9.17, 15) is 24.6 Å². The van der Waals surface area contributed by atoms with Crippen LogP contribution in [-0.2, 0) is 19.1 Å². The molecule has 0 spiro atoms. The van der Waals surface area contributed by atoms with E-state index in [1.807, 2.05) is 6.08 Å². The van der Waals surface area contributed by atoms with Crippen LogP contribution in [-0.4, -0.2) is 59.7 Å². The minimum atomic E-state index is -0.815. The van der Waals surface area contributed by atoms with Gasteiger partial charge < -0.3 is 20.3 Å². The molecule has 1 heterocycles. The molecule has 0 aromatic carbocycles. The molecule has 5 aliphatic rings. The van der Waals surface area contributed by atoms with Crippen LogP contribution < -0.4 is 5.32 Å². The zero-order chi connectivity index (χ0) is 24.5. The van der Waals surface area contributed by atoms with Crippen molar-refractivity contribution >= 4 is 17.5 Å². The topological polar surface area (TPSA) is 113 Å². The number of nitrogens with one attached hydrogen (secondary N) is 1. The predicted octanol–water partition coefficient (Wildman–Crippen LogP) is 1.96. The van der Waals surface area contributed by atoms with E-state index in [2.05, 4.69) is 19.2 Å². The monoisotopic (exact) mass is 471 g/mol. The minimum absolute atomic E-state index is 0.0110. The summed E-state index contributed by atoms with van der Waals surface area (Å²) in [5.41, 5.74) is -0.568. The highest BCUT2D eigenvalue weighted by Crippen LogP contribution is 2.72. The number of carbonyl (C=O) groups is 3. The summed E-state index contributed by atoms with van der Waals surface area (Å²) in [6, 6.07) is -0.186. The number of esters is 1. The summed E-state index contributed by atoms with van der Waals surface area (Å²) in [4.78, 5) is 37.9. The number of rotatable bonds is 5. The number of hydrogen-bond acceptors (Lipinski definition) is 7. The minimum Gasteiger partial charge on any atom is -0.466 e. The molecule has 9 unspecified atom stereocenters. The number of ketones is 2. The second kappa shape index (κ2) is 8.10. The lowest BCUT2D eigenvalue weighted by atomic mass is 9.44. The maximum Gasteiger partial charge on any atom is 0.307 e. The number of hydrogen-bond donors (Lipinski definition) is 3. The molecule has 0 amide bonds. The van der Waals surface area contributed by atoms with Crippen molar-refractivity contribution in [3.63, 3.8) is 0 Å². The number of ether oxygens (including phenoxy) is 1. The maximum atomic E-state index is 13.5. The van der Waals surface area contributed by atoms with Gasteiger partial charge in [0.15, 0.2) is 11.6 Å². The molecule has 186 valence electrons. The molecule has 1 aliphatic heterocycles. The summed E-state index contributed by atoms with van der Waals surface area (Å²) in [5, 5.41) is 25.1. The first-order valence-corrected chi connectivity index (χ1v) is 12.8. The molecule has 0 aromatic heterocycles. The largest absolute Gasteiger partial charge is 0.466 e. The highest BCUT2D eigenvalue weighted by Gasteiger charge is 2.73. The second-order valence-electron chi connectivity index (χ2n) is 11.6. The summed E-state index contributed by atoms with van der Waals surface area (Å²) in [5.74, 6) is -0.169. The molecule has 7 heteroatoms. The van der Waals surface area contributed by atoms with Gasteiger partial charge in [-0.25, -0.2) is 0 Å². The van der Waals surface area contributed by atoms with Crippen LogP contribution >= 0.6 is 0 Å². The molecular formula is C27H37NO6. The quantitative estimate of drug-likeness (QED) is 0.526. The van der Waals surface area contributed by atoms with Crippen molar-refractivity contribution in [3.05, 3.63) is 23.8 Å². The van der Waals surface area contributed by atoms with Crippen LogP contribution in [0.3, 0.4) is 0 Å². The van der Waals surface area contributed by atoms with Crippen LogP contribution in [0.2, 0.25) is 0 Å². The molecule has 3 saturated carbocycles. The molecule has 3 N–H and O–H groups in total.